The molecule has 1 fully saturated rings. The Labute approximate surface area is 132 Å². The van der Waals surface area contributed by atoms with Crippen molar-refractivity contribution in [1.82, 2.24) is 4.90 Å². The number of benzene rings is 1. The SMILES string of the molecule is CC(C)(C)OC(=O)N1C(=O)OC[C@@]1(C)c1cccc(Br)c1. The molecule has 0 saturated carbocycles. The molecule has 21 heavy (non-hydrogen) atoms. The first kappa shape index (κ1) is 15.8. The van der Waals surface area contributed by atoms with Crippen molar-refractivity contribution in [1.29, 1.82) is 0 Å². The summed E-state index contributed by atoms with van der Waals surface area (Å²) in [5.41, 5.74) is -0.769. The van der Waals surface area contributed by atoms with Crippen molar-refractivity contribution in [3.8, 4) is 0 Å². The number of rotatable bonds is 1. The number of halogens is 1. The number of ether oxygens (including phenoxy) is 2. The average molecular weight is 356 g/mol. The zero-order chi connectivity index (χ0) is 15.8. The average Bonchev–Trinajstić information content (AvgIpc) is 2.64. The van der Waals surface area contributed by atoms with E-state index < -0.39 is 23.3 Å². The van der Waals surface area contributed by atoms with Crippen LogP contribution in [0, 0.1) is 0 Å². The maximum Gasteiger partial charge on any atom is 0.420 e. The van der Waals surface area contributed by atoms with Crippen LogP contribution in [0.3, 0.4) is 0 Å². The standard InChI is InChI=1S/C15H18BrNO4/c1-14(2,3)21-13(19)17-12(18)20-9-15(17,4)10-6-5-7-11(16)8-10/h5-8H,9H2,1-4H3/t15-/m0/s1. The van der Waals surface area contributed by atoms with Gasteiger partial charge in [0.1, 0.15) is 17.7 Å². The molecule has 0 aliphatic carbocycles. The summed E-state index contributed by atoms with van der Waals surface area (Å²) >= 11 is 3.39. The van der Waals surface area contributed by atoms with Gasteiger partial charge in [-0.25, -0.2) is 9.59 Å². The number of hydrogen-bond donors (Lipinski definition) is 0. The molecule has 114 valence electrons. The Bertz CT molecular complexity index is 581. The molecule has 1 aromatic rings. The molecule has 1 aliphatic rings. The second kappa shape index (κ2) is 5.33. The van der Waals surface area contributed by atoms with E-state index in [1.807, 2.05) is 24.3 Å². The fourth-order valence-electron chi connectivity index (χ4n) is 2.15. The molecule has 1 atom stereocenters. The summed E-state index contributed by atoms with van der Waals surface area (Å²) in [5.74, 6) is 0. The molecule has 0 spiro atoms. The van der Waals surface area contributed by atoms with E-state index in [9.17, 15) is 9.59 Å². The fraction of sp³-hybridized carbons (Fsp3) is 0.467. The molecule has 1 aliphatic heterocycles. The Balaban J connectivity index is 2.38. The molecule has 1 heterocycles. The number of imide groups is 1. The quantitative estimate of drug-likeness (QED) is 0.762. The Morgan fingerprint density at radius 3 is 2.67 bits per heavy atom. The summed E-state index contributed by atoms with van der Waals surface area (Å²) in [7, 11) is 0. The topological polar surface area (TPSA) is 55.8 Å². The van der Waals surface area contributed by atoms with Crippen molar-refractivity contribution < 1.29 is 19.1 Å². The molecule has 1 aromatic carbocycles. The van der Waals surface area contributed by atoms with E-state index in [0.29, 0.717) is 0 Å². The van der Waals surface area contributed by atoms with Crippen LogP contribution in [0.25, 0.3) is 0 Å². The number of nitrogens with zero attached hydrogens (tertiary/aromatic N) is 1. The number of amides is 2. The molecule has 0 unspecified atom stereocenters. The first-order valence-corrected chi connectivity index (χ1v) is 7.39. The van der Waals surface area contributed by atoms with Crippen LogP contribution < -0.4 is 0 Å². The maximum atomic E-state index is 12.3. The van der Waals surface area contributed by atoms with Gasteiger partial charge in [0, 0.05) is 4.47 Å². The van der Waals surface area contributed by atoms with Crippen molar-refractivity contribution >= 4 is 28.1 Å². The van der Waals surface area contributed by atoms with E-state index >= 15 is 0 Å². The van der Waals surface area contributed by atoms with E-state index in [4.69, 9.17) is 9.47 Å². The van der Waals surface area contributed by atoms with Crippen molar-refractivity contribution in [3.05, 3.63) is 34.3 Å². The predicted octanol–water partition coefficient (Wildman–Crippen LogP) is 4.05. The maximum absolute atomic E-state index is 12.3. The van der Waals surface area contributed by atoms with Crippen LogP contribution >= 0.6 is 15.9 Å². The van der Waals surface area contributed by atoms with Crippen LogP contribution in [-0.4, -0.2) is 29.3 Å². The van der Waals surface area contributed by atoms with Gasteiger partial charge in [0.25, 0.3) is 0 Å². The minimum atomic E-state index is -0.886. The lowest BCUT2D eigenvalue weighted by Gasteiger charge is -2.32. The van der Waals surface area contributed by atoms with Gasteiger partial charge in [-0.15, -0.1) is 0 Å². The molecule has 0 N–H and O–H groups in total. The van der Waals surface area contributed by atoms with Crippen LogP contribution in [0.5, 0.6) is 0 Å². The van der Waals surface area contributed by atoms with E-state index in [-0.39, 0.29) is 6.61 Å². The molecular formula is C15H18BrNO4. The number of carbonyl (C=O) groups is 2. The van der Waals surface area contributed by atoms with Gasteiger partial charge in [-0.1, -0.05) is 28.1 Å². The van der Waals surface area contributed by atoms with Crippen LogP contribution in [-0.2, 0) is 15.0 Å². The highest BCUT2D eigenvalue weighted by Crippen LogP contribution is 2.36. The molecule has 2 amide bonds. The Kier molecular flexibility index (Phi) is 4.02. The normalized spacial score (nSPS) is 22.1. The Hall–Kier alpha value is -1.56. The molecule has 2 rings (SSSR count). The Morgan fingerprint density at radius 2 is 2.10 bits per heavy atom. The third kappa shape index (κ3) is 3.20. The number of carbonyl (C=O) groups excluding carboxylic acids is 2. The van der Waals surface area contributed by atoms with Gasteiger partial charge in [-0.05, 0) is 45.4 Å². The van der Waals surface area contributed by atoms with Gasteiger partial charge in [-0.3, -0.25) is 0 Å². The highest BCUT2D eigenvalue weighted by atomic mass is 79.9. The molecule has 0 aromatic heterocycles. The van der Waals surface area contributed by atoms with Crippen LogP contribution in [0.1, 0.15) is 33.3 Å². The number of cyclic esters (lactones) is 1. The zero-order valence-electron chi connectivity index (χ0n) is 12.5. The summed E-state index contributed by atoms with van der Waals surface area (Å²) in [6.45, 7) is 7.14. The van der Waals surface area contributed by atoms with Crippen molar-refractivity contribution in [2.75, 3.05) is 6.61 Å². The third-order valence-electron chi connectivity index (χ3n) is 3.18. The predicted molar refractivity (Wildman–Crippen MR) is 80.9 cm³/mol. The Morgan fingerprint density at radius 1 is 1.43 bits per heavy atom. The van der Waals surface area contributed by atoms with Crippen LogP contribution in [0.15, 0.2) is 28.7 Å². The summed E-state index contributed by atoms with van der Waals surface area (Å²) in [5, 5.41) is 0. The largest absolute Gasteiger partial charge is 0.446 e. The van der Waals surface area contributed by atoms with Crippen LogP contribution in [0.4, 0.5) is 9.59 Å². The second-order valence-electron chi connectivity index (χ2n) is 6.15. The second-order valence-corrected chi connectivity index (χ2v) is 7.07. The molecule has 0 radical (unpaired) electrons. The van der Waals surface area contributed by atoms with Gasteiger partial charge < -0.3 is 9.47 Å². The molecule has 5 nitrogen and oxygen atoms in total. The van der Waals surface area contributed by atoms with Crippen molar-refractivity contribution in [3.63, 3.8) is 0 Å². The van der Waals surface area contributed by atoms with Gasteiger partial charge in [-0.2, -0.15) is 4.90 Å². The monoisotopic (exact) mass is 355 g/mol. The first-order valence-electron chi connectivity index (χ1n) is 6.59. The lowest BCUT2D eigenvalue weighted by Crippen LogP contribution is -2.48. The highest BCUT2D eigenvalue weighted by molar-refractivity contribution is 9.10. The van der Waals surface area contributed by atoms with Gasteiger partial charge in [0.15, 0.2) is 0 Å². The molecule has 6 heteroatoms. The molecule has 1 saturated heterocycles. The van der Waals surface area contributed by atoms with Crippen molar-refractivity contribution in [2.24, 2.45) is 0 Å². The van der Waals surface area contributed by atoms with Crippen molar-refractivity contribution in [2.45, 2.75) is 38.8 Å². The highest BCUT2D eigenvalue weighted by Gasteiger charge is 2.50. The zero-order valence-corrected chi connectivity index (χ0v) is 14.1. The van der Waals surface area contributed by atoms with Crippen LogP contribution in [0.2, 0.25) is 0 Å². The number of hydrogen-bond acceptors (Lipinski definition) is 4. The van der Waals surface area contributed by atoms with E-state index in [1.165, 1.54) is 0 Å². The molecule has 0 bridgehead atoms. The summed E-state index contributed by atoms with van der Waals surface area (Å²) in [6, 6.07) is 7.44. The summed E-state index contributed by atoms with van der Waals surface area (Å²) < 4.78 is 11.3. The fourth-order valence-corrected chi connectivity index (χ4v) is 2.55. The minimum absolute atomic E-state index is 0.0987. The van der Waals surface area contributed by atoms with Gasteiger partial charge in [0.05, 0.1) is 0 Å². The first-order chi connectivity index (χ1) is 9.63. The summed E-state index contributed by atoms with van der Waals surface area (Å²) in [6.07, 6.45) is -1.39. The van der Waals surface area contributed by atoms with Gasteiger partial charge in [0.2, 0.25) is 0 Å². The van der Waals surface area contributed by atoms with Gasteiger partial charge >= 0.3 is 12.2 Å². The molecular weight excluding hydrogens is 338 g/mol. The summed E-state index contributed by atoms with van der Waals surface area (Å²) in [4.78, 5) is 25.3. The minimum Gasteiger partial charge on any atom is -0.446 e. The lowest BCUT2D eigenvalue weighted by atomic mass is 9.92. The smallest absolute Gasteiger partial charge is 0.420 e. The van der Waals surface area contributed by atoms with E-state index in [0.717, 1.165) is 14.9 Å². The van der Waals surface area contributed by atoms with E-state index in [1.54, 1.807) is 27.7 Å². The lowest BCUT2D eigenvalue weighted by molar-refractivity contribution is 0.0201. The third-order valence-corrected chi connectivity index (χ3v) is 3.67. The van der Waals surface area contributed by atoms with E-state index in [2.05, 4.69) is 15.9 Å².